The molecule has 0 aromatic heterocycles. The van der Waals surface area contributed by atoms with E-state index >= 15 is 0 Å². The van der Waals surface area contributed by atoms with Gasteiger partial charge in [0.05, 0.1) is 0 Å². The summed E-state index contributed by atoms with van der Waals surface area (Å²) in [5.74, 6) is 0. The van der Waals surface area contributed by atoms with Gasteiger partial charge >= 0.3 is 0 Å². The predicted molar refractivity (Wildman–Crippen MR) is 84.8 cm³/mol. The van der Waals surface area contributed by atoms with Crippen LogP contribution in [-0.4, -0.2) is 0 Å². The first-order valence-corrected chi connectivity index (χ1v) is 7.19. The number of nitrogens with two attached hydrogens (primary N) is 1. The Bertz CT molecular complexity index is 568. The summed E-state index contributed by atoms with van der Waals surface area (Å²) in [5.41, 5.74) is 10.0. The van der Waals surface area contributed by atoms with Crippen LogP contribution in [0, 0.1) is 6.92 Å². The van der Waals surface area contributed by atoms with Crippen molar-refractivity contribution in [1.29, 1.82) is 0 Å². The molecule has 0 saturated heterocycles. The highest BCUT2D eigenvalue weighted by atomic mass is 79.9. The molecule has 2 rings (SSSR count). The maximum Gasteiger partial charge on any atom is 0.0487 e. The first kappa shape index (κ1) is 13.4. The van der Waals surface area contributed by atoms with Gasteiger partial charge in [-0.1, -0.05) is 12.1 Å². The van der Waals surface area contributed by atoms with Crippen molar-refractivity contribution < 1.29 is 0 Å². The van der Waals surface area contributed by atoms with Gasteiger partial charge in [0.15, 0.2) is 0 Å². The topological polar surface area (TPSA) is 38.0 Å². The number of benzene rings is 2. The Morgan fingerprint density at radius 2 is 1.83 bits per heavy atom. The lowest BCUT2D eigenvalue weighted by Crippen LogP contribution is -2.00. The monoisotopic (exact) mass is 368 g/mol. The molecular weight excluding hydrogens is 356 g/mol. The van der Waals surface area contributed by atoms with Gasteiger partial charge < -0.3 is 11.1 Å². The number of hydrogen-bond acceptors (Lipinski definition) is 2. The fraction of sp³-hybridized carbons (Fsp3) is 0.143. The van der Waals surface area contributed by atoms with Crippen LogP contribution in [0.1, 0.15) is 11.1 Å². The van der Waals surface area contributed by atoms with Crippen LogP contribution in [0.5, 0.6) is 0 Å². The minimum Gasteiger partial charge on any atom is -0.398 e. The summed E-state index contributed by atoms with van der Waals surface area (Å²) in [4.78, 5) is 0. The molecule has 0 heterocycles. The number of hydrogen-bond donors (Lipinski definition) is 2. The van der Waals surface area contributed by atoms with Gasteiger partial charge in [-0.25, -0.2) is 0 Å². The summed E-state index contributed by atoms with van der Waals surface area (Å²) in [6.45, 7) is 2.84. The third-order valence-corrected chi connectivity index (χ3v) is 4.02. The molecule has 0 aliphatic rings. The second-order valence-electron chi connectivity index (χ2n) is 4.19. The maximum absolute atomic E-state index is 5.76. The second kappa shape index (κ2) is 5.76. The fourth-order valence-electron chi connectivity index (χ4n) is 1.64. The van der Waals surface area contributed by atoms with Crippen LogP contribution < -0.4 is 11.1 Å². The SMILES string of the molecule is Cc1ccc(NCc2ccc(N)c(Br)c2)c(Br)c1. The molecule has 3 N–H and O–H groups in total. The lowest BCUT2D eigenvalue weighted by molar-refractivity contribution is 1.14. The van der Waals surface area contributed by atoms with E-state index in [9.17, 15) is 0 Å². The van der Waals surface area contributed by atoms with E-state index in [0.717, 1.165) is 26.9 Å². The largest absolute Gasteiger partial charge is 0.398 e. The number of nitrogens with one attached hydrogen (secondary N) is 1. The van der Waals surface area contributed by atoms with Gasteiger partial charge in [-0.05, 0) is 74.2 Å². The zero-order chi connectivity index (χ0) is 13.1. The van der Waals surface area contributed by atoms with E-state index < -0.39 is 0 Å². The number of halogens is 2. The van der Waals surface area contributed by atoms with Gasteiger partial charge in [0.2, 0.25) is 0 Å². The molecule has 2 aromatic rings. The number of anilines is 2. The molecule has 0 spiro atoms. The molecular formula is C14H14Br2N2. The van der Waals surface area contributed by atoms with Crippen molar-refractivity contribution in [2.75, 3.05) is 11.1 Å². The van der Waals surface area contributed by atoms with E-state index in [1.54, 1.807) is 0 Å². The molecule has 0 atom stereocenters. The Hall–Kier alpha value is -1.000. The third-order valence-electron chi connectivity index (χ3n) is 2.67. The average molecular weight is 370 g/mol. The summed E-state index contributed by atoms with van der Waals surface area (Å²) in [7, 11) is 0. The molecule has 0 unspecified atom stereocenters. The summed E-state index contributed by atoms with van der Waals surface area (Å²) in [6.07, 6.45) is 0. The molecule has 18 heavy (non-hydrogen) atoms. The minimum absolute atomic E-state index is 0.760. The summed E-state index contributed by atoms with van der Waals surface area (Å²) < 4.78 is 2.02. The number of aryl methyl sites for hydroxylation is 1. The lowest BCUT2D eigenvalue weighted by Gasteiger charge is -2.10. The molecule has 2 aromatic carbocycles. The third kappa shape index (κ3) is 3.27. The van der Waals surface area contributed by atoms with Crippen molar-refractivity contribution in [3.05, 3.63) is 56.5 Å². The number of nitrogen functional groups attached to an aromatic ring is 1. The van der Waals surface area contributed by atoms with Gasteiger partial charge in [0, 0.05) is 26.9 Å². The van der Waals surface area contributed by atoms with Gasteiger partial charge in [-0.2, -0.15) is 0 Å². The highest BCUT2D eigenvalue weighted by molar-refractivity contribution is 9.11. The van der Waals surface area contributed by atoms with Crippen LogP contribution in [0.4, 0.5) is 11.4 Å². The van der Waals surface area contributed by atoms with E-state index in [-0.39, 0.29) is 0 Å². The minimum atomic E-state index is 0.760. The Kier molecular flexibility index (Phi) is 4.30. The standard InChI is InChI=1S/C14H14Br2N2/c1-9-2-5-14(12(16)6-9)18-8-10-3-4-13(17)11(15)7-10/h2-7,18H,8,17H2,1H3. The van der Waals surface area contributed by atoms with E-state index in [1.165, 1.54) is 11.1 Å². The Morgan fingerprint density at radius 1 is 1.06 bits per heavy atom. The first-order valence-electron chi connectivity index (χ1n) is 5.60. The van der Waals surface area contributed by atoms with Crippen molar-refractivity contribution in [3.63, 3.8) is 0 Å². The summed E-state index contributed by atoms with van der Waals surface area (Å²) in [6, 6.07) is 12.2. The van der Waals surface area contributed by atoms with E-state index in [1.807, 2.05) is 18.2 Å². The summed E-state index contributed by atoms with van der Waals surface area (Å²) in [5, 5.41) is 3.39. The zero-order valence-corrected chi connectivity index (χ0v) is 13.2. The van der Waals surface area contributed by atoms with Crippen molar-refractivity contribution in [1.82, 2.24) is 0 Å². The molecule has 4 heteroatoms. The van der Waals surface area contributed by atoms with Crippen molar-refractivity contribution in [2.45, 2.75) is 13.5 Å². The molecule has 0 amide bonds. The van der Waals surface area contributed by atoms with Crippen LogP contribution in [0.25, 0.3) is 0 Å². The Labute approximate surface area is 124 Å². The lowest BCUT2D eigenvalue weighted by atomic mass is 10.2. The van der Waals surface area contributed by atoms with Crippen LogP contribution in [0.2, 0.25) is 0 Å². The van der Waals surface area contributed by atoms with Gasteiger partial charge in [0.25, 0.3) is 0 Å². The first-order chi connectivity index (χ1) is 8.56. The molecule has 0 saturated carbocycles. The quantitative estimate of drug-likeness (QED) is 0.768. The zero-order valence-electron chi connectivity index (χ0n) is 10.0. The average Bonchev–Trinajstić information content (AvgIpc) is 2.32. The van der Waals surface area contributed by atoms with Crippen LogP contribution in [0.15, 0.2) is 45.3 Å². The molecule has 0 radical (unpaired) electrons. The van der Waals surface area contributed by atoms with Crippen molar-refractivity contribution in [3.8, 4) is 0 Å². The highest BCUT2D eigenvalue weighted by Crippen LogP contribution is 2.25. The van der Waals surface area contributed by atoms with Crippen molar-refractivity contribution in [2.24, 2.45) is 0 Å². The molecule has 0 aliphatic heterocycles. The van der Waals surface area contributed by atoms with Gasteiger partial charge in [-0.15, -0.1) is 0 Å². The van der Waals surface area contributed by atoms with Crippen molar-refractivity contribution >= 4 is 43.2 Å². The molecule has 2 nitrogen and oxygen atoms in total. The molecule has 94 valence electrons. The Balaban J connectivity index is 2.09. The maximum atomic E-state index is 5.76. The normalized spacial score (nSPS) is 10.4. The highest BCUT2D eigenvalue weighted by Gasteiger charge is 2.01. The Morgan fingerprint density at radius 3 is 2.50 bits per heavy atom. The number of rotatable bonds is 3. The van der Waals surface area contributed by atoms with Crippen LogP contribution >= 0.6 is 31.9 Å². The second-order valence-corrected chi connectivity index (χ2v) is 5.90. The van der Waals surface area contributed by atoms with Gasteiger partial charge in [0.1, 0.15) is 0 Å². The molecule has 0 bridgehead atoms. The van der Waals surface area contributed by atoms with Gasteiger partial charge in [-0.3, -0.25) is 0 Å². The van der Waals surface area contributed by atoms with E-state index in [4.69, 9.17) is 5.73 Å². The fourth-order valence-corrected chi connectivity index (χ4v) is 2.70. The molecule has 0 aliphatic carbocycles. The summed E-state index contributed by atoms with van der Waals surface area (Å²) >= 11 is 6.99. The van der Waals surface area contributed by atoms with Crippen LogP contribution in [-0.2, 0) is 6.54 Å². The smallest absolute Gasteiger partial charge is 0.0487 e. The molecule has 0 fully saturated rings. The van der Waals surface area contributed by atoms with E-state index in [2.05, 4.69) is 62.3 Å². The predicted octanol–water partition coefficient (Wildman–Crippen LogP) is 4.71. The van der Waals surface area contributed by atoms with E-state index in [0.29, 0.717) is 0 Å². The van der Waals surface area contributed by atoms with Crippen LogP contribution in [0.3, 0.4) is 0 Å².